The molecule has 0 aliphatic heterocycles. The van der Waals surface area contributed by atoms with Gasteiger partial charge in [0.1, 0.15) is 16.5 Å². The second kappa shape index (κ2) is 5.70. The van der Waals surface area contributed by atoms with E-state index in [0.717, 1.165) is 17.8 Å². The lowest BCUT2D eigenvalue weighted by atomic mass is 10.3. The molecule has 2 rings (SSSR count). The van der Waals surface area contributed by atoms with Crippen molar-refractivity contribution in [3.05, 3.63) is 41.2 Å². The molecule has 0 bridgehead atoms. The van der Waals surface area contributed by atoms with E-state index in [1.54, 1.807) is 10.7 Å². The summed E-state index contributed by atoms with van der Waals surface area (Å²) in [6.07, 6.45) is 0. The molecule has 0 amide bonds. The van der Waals surface area contributed by atoms with Gasteiger partial charge < -0.3 is 5.73 Å². The van der Waals surface area contributed by atoms with E-state index >= 15 is 0 Å². The maximum atomic E-state index is 13.7. The SMILES string of the molecule is CCn1nc(C)cc1CS(=O)c1c(F)cc(N)cc1F. The van der Waals surface area contributed by atoms with Crippen molar-refractivity contribution in [1.29, 1.82) is 0 Å². The average Bonchev–Trinajstić information content (AvgIpc) is 2.67. The monoisotopic (exact) mass is 299 g/mol. The zero-order valence-corrected chi connectivity index (χ0v) is 12.0. The van der Waals surface area contributed by atoms with Gasteiger partial charge in [-0.1, -0.05) is 0 Å². The van der Waals surface area contributed by atoms with Crippen molar-refractivity contribution in [2.45, 2.75) is 31.0 Å². The van der Waals surface area contributed by atoms with E-state index in [9.17, 15) is 13.0 Å². The molecule has 1 atom stereocenters. The van der Waals surface area contributed by atoms with Gasteiger partial charge >= 0.3 is 0 Å². The number of nitrogens with zero attached hydrogens (tertiary/aromatic N) is 2. The lowest BCUT2D eigenvalue weighted by Gasteiger charge is -2.07. The molecule has 4 nitrogen and oxygen atoms in total. The fourth-order valence-electron chi connectivity index (χ4n) is 1.99. The molecule has 2 aromatic rings. The van der Waals surface area contributed by atoms with Crippen molar-refractivity contribution >= 4 is 16.5 Å². The Kier molecular flexibility index (Phi) is 4.17. The van der Waals surface area contributed by atoms with Gasteiger partial charge in [-0.3, -0.25) is 8.89 Å². The maximum Gasteiger partial charge on any atom is 0.144 e. The number of aromatic nitrogens is 2. The van der Waals surface area contributed by atoms with E-state index in [-0.39, 0.29) is 11.4 Å². The number of nitrogens with two attached hydrogens (primary N) is 1. The summed E-state index contributed by atoms with van der Waals surface area (Å²) in [4.78, 5) is -0.444. The lowest BCUT2D eigenvalue weighted by Crippen LogP contribution is -2.08. The van der Waals surface area contributed by atoms with Crippen LogP contribution in [0, 0.1) is 18.6 Å². The van der Waals surface area contributed by atoms with Crippen LogP contribution in [-0.4, -0.2) is 14.0 Å². The van der Waals surface area contributed by atoms with Crippen molar-refractivity contribution in [3.63, 3.8) is 0 Å². The normalized spacial score (nSPS) is 12.6. The first-order valence-corrected chi connectivity index (χ1v) is 7.40. The third-order valence-electron chi connectivity index (χ3n) is 2.81. The minimum absolute atomic E-state index is 0.00639. The van der Waals surface area contributed by atoms with Crippen LogP contribution in [-0.2, 0) is 23.1 Å². The first kappa shape index (κ1) is 14.6. The minimum Gasteiger partial charge on any atom is -0.399 e. The molecule has 0 saturated heterocycles. The molecule has 7 heteroatoms. The molecule has 0 saturated carbocycles. The van der Waals surface area contributed by atoms with Gasteiger partial charge in [0.2, 0.25) is 0 Å². The summed E-state index contributed by atoms with van der Waals surface area (Å²) in [5.74, 6) is -1.77. The molecule has 1 aromatic carbocycles. The highest BCUT2D eigenvalue weighted by Crippen LogP contribution is 2.22. The Morgan fingerprint density at radius 1 is 1.30 bits per heavy atom. The summed E-state index contributed by atoms with van der Waals surface area (Å²) < 4.78 is 41.3. The summed E-state index contributed by atoms with van der Waals surface area (Å²) in [5, 5.41) is 4.21. The van der Waals surface area contributed by atoms with E-state index in [4.69, 9.17) is 5.73 Å². The fraction of sp³-hybridized carbons (Fsp3) is 0.308. The van der Waals surface area contributed by atoms with Crippen LogP contribution in [0.5, 0.6) is 0 Å². The molecule has 0 radical (unpaired) electrons. The maximum absolute atomic E-state index is 13.7. The highest BCUT2D eigenvalue weighted by Gasteiger charge is 2.19. The van der Waals surface area contributed by atoms with Gasteiger partial charge in [-0.05, 0) is 32.0 Å². The van der Waals surface area contributed by atoms with Crippen LogP contribution in [0.4, 0.5) is 14.5 Å². The molecular formula is C13H15F2N3OS. The molecule has 1 aromatic heterocycles. The van der Waals surface area contributed by atoms with Gasteiger partial charge in [0.25, 0.3) is 0 Å². The number of hydrogen-bond donors (Lipinski definition) is 1. The van der Waals surface area contributed by atoms with Crippen LogP contribution in [0.1, 0.15) is 18.3 Å². The average molecular weight is 299 g/mol. The zero-order valence-electron chi connectivity index (χ0n) is 11.2. The summed E-state index contributed by atoms with van der Waals surface area (Å²) >= 11 is 0. The lowest BCUT2D eigenvalue weighted by molar-refractivity contribution is 0.535. The summed E-state index contributed by atoms with van der Waals surface area (Å²) in [5.41, 5.74) is 6.76. The van der Waals surface area contributed by atoms with Crippen molar-refractivity contribution < 1.29 is 13.0 Å². The first-order chi connectivity index (χ1) is 9.42. The zero-order chi connectivity index (χ0) is 14.9. The molecule has 20 heavy (non-hydrogen) atoms. The van der Waals surface area contributed by atoms with E-state index in [2.05, 4.69) is 5.10 Å². The van der Waals surface area contributed by atoms with Crippen LogP contribution in [0.25, 0.3) is 0 Å². The second-order valence-corrected chi connectivity index (χ2v) is 5.78. The third-order valence-corrected chi connectivity index (χ3v) is 4.22. The molecule has 108 valence electrons. The number of hydrogen-bond acceptors (Lipinski definition) is 3. The number of aryl methyl sites for hydroxylation is 2. The van der Waals surface area contributed by atoms with Gasteiger partial charge in [-0.15, -0.1) is 0 Å². The predicted octanol–water partition coefficient (Wildman–Crippen LogP) is 2.38. The molecule has 0 aliphatic carbocycles. The summed E-state index contributed by atoms with van der Waals surface area (Å²) in [6, 6.07) is 3.70. The van der Waals surface area contributed by atoms with Crippen molar-refractivity contribution in [2.75, 3.05) is 5.73 Å². The quantitative estimate of drug-likeness (QED) is 0.882. The number of rotatable bonds is 4. The minimum atomic E-state index is -1.83. The van der Waals surface area contributed by atoms with Gasteiger partial charge in [0.15, 0.2) is 0 Å². The molecule has 1 heterocycles. The number of nitrogen functional groups attached to an aromatic ring is 1. The van der Waals surface area contributed by atoms with Gasteiger partial charge in [-0.2, -0.15) is 5.10 Å². The number of benzene rings is 1. The van der Waals surface area contributed by atoms with Crippen LogP contribution in [0.15, 0.2) is 23.1 Å². The Morgan fingerprint density at radius 3 is 2.45 bits per heavy atom. The largest absolute Gasteiger partial charge is 0.399 e. The van der Waals surface area contributed by atoms with Crippen LogP contribution in [0.3, 0.4) is 0 Å². The summed E-state index contributed by atoms with van der Waals surface area (Å²) in [6.45, 7) is 4.30. The van der Waals surface area contributed by atoms with Crippen LogP contribution < -0.4 is 5.73 Å². The van der Waals surface area contributed by atoms with Crippen molar-refractivity contribution in [3.8, 4) is 0 Å². The third kappa shape index (κ3) is 2.87. The highest BCUT2D eigenvalue weighted by atomic mass is 32.2. The van der Waals surface area contributed by atoms with Gasteiger partial charge in [0.05, 0.1) is 27.9 Å². The molecule has 2 N–H and O–H groups in total. The fourth-order valence-corrected chi connectivity index (χ4v) is 3.19. The van der Waals surface area contributed by atoms with Gasteiger partial charge in [-0.25, -0.2) is 8.78 Å². The Balaban J connectivity index is 2.33. The number of halogens is 2. The molecular weight excluding hydrogens is 284 g/mol. The predicted molar refractivity (Wildman–Crippen MR) is 73.5 cm³/mol. The molecule has 0 spiro atoms. The summed E-state index contributed by atoms with van der Waals surface area (Å²) in [7, 11) is -1.83. The Hall–Kier alpha value is -1.76. The first-order valence-electron chi connectivity index (χ1n) is 6.08. The number of anilines is 1. The Labute approximate surface area is 118 Å². The van der Waals surface area contributed by atoms with Crippen LogP contribution in [0.2, 0.25) is 0 Å². The van der Waals surface area contributed by atoms with Crippen LogP contribution >= 0.6 is 0 Å². The van der Waals surface area contributed by atoms with E-state index in [1.165, 1.54) is 0 Å². The second-order valence-electron chi connectivity index (χ2n) is 4.40. The van der Waals surface area contributed by atoms with Gasteiger partial charge in [0, 0.05) is 12.2 Å². The highest BCUT2D eigenvalue weighted by molar-refractivity contribution is 7.84. The standard InChI is InChI=1S/C13H15F2N3OS/c1-3-18-10(4-8(2)17-18)7-20(19)13-11(14)5-9(16)6-12(13)15/h4-6H,3,7,16H2,1-2H3. The van der Waals surface area contributed by atoms with Crippen molar-refractivity contribution in [2.24, 2.45) is 0 Å². The molecule has 0 aliphatic rings. The van der Waals surface area contributed by atoms with E-state index < -0.39 is 27.3 Å². The van der Waals surface area contributed by atoms with E-state index in [0.29, 0.717) is 12.2 Å². The smallest absolute Gasteiger partial charge is 0.144 e. The Morgan fingerprint density at radius 2 is 1.90 bits per heavy atom. The molecule has 1 unspecified atom stereocenters. The topological polar surface area (TPSA) is 60.9 Å². The van der Waals surface area contributed by atoms with E-state index in [1.807, 2.05) is 13.8 Å². The van der Waals surface area contributed by atoms with Crippen molar-refractivity contribution in [1.82, 2.24) is 9.78 Å². The Bertz CT molecular complexity index is 647. The molecule has 0 fully saturated rings.